The van der Waals surface area contributed by atoms with Crippen molar-refractivity contribution < 1.29 is 9.15 Å². The third-order valence-electron chi connectivity index (χ3n) is 3.60. The zero-order valence-corrected chi connectivity index (χ0v) is 11.5. The number of piperazine rings is 1. The first-order valence-corrected chi connectivity index (χ1v) is 6.76. The molecule has 0 aliphatic carbocycles. The van der Waals surface area contributed by atoms with Crippen LogP contribution in [0.1, 0.15) is 11.3 Å². The third kappa shape index (κ3) is 2.60. The molecule has 0 spiro atoms. The highest BCUT2D eigenvalue weighted by molar-refractivity contribution is 5.84. The number of nitrogens with one attached hydrogen (secondary N) is 1. The van der Waals surface area contributed by atoms with Crippen molar-refractivity contribution in [2.75, 3.05) is 33.3 Å². The van der Waals surface area contributed by atoms with Gasteiger partial charge in [-0.15, -0.1) is 0 Å². The zero-order valence-electron chi connectivity index (χ0n) is 11.5. The van der Waals surface area contributed by atoms with Crippen LogP contribution in [0.15, 0.2) is 22.6 Å². The molecule has 4 heteroatoms. The molecular weight excluding hydrogens is 240 g/mol. The quantitative estimate of drug-likeness (QED) is 0.917. The molecule has 1 aromatic carbocycles. The summed E-state index contributed by atoms with van der Waals surface area (Å²) in [5.74, 6) is 1.75. The number of nitrogens with zero attached hydrogens (tertiary/aromatic N) is 1. The first-order chi connectivity index (χ1) is 9.26. The van der Waals surface area contributed by atoms with Gasteiger partial charge >= 0.3 is 0 Å². The highest BCUT2D eigenvalue weighted by atomic mass is 16.5. The van der Waals surface area contributed by atoms with Crippen molar-refractivity contribution in [3.8, 4) is 5.75 Å². The van der Waals surface area contributed by atoms with Crippen molar-refractivity contribution in [1.29, 1.82) is 0 Å². The van der Waals surface area contributed by atoms with E-state index in [0.29, 0.717) is 0 Å². The lowest BCUT2D eigenvalue weighted by molar-refractivity contribution is 0.233. The fraction of sp³-hybridized carbons (Fsp3) is 0.467. The lowest BCUT2D eigenvalue weighted by atomic mass is 10.1. The molecule has 102 valence electrons. The Hall–Kier alpha value is -1.52. The van der Waals surface area contributed by atoms with Crippen LogP contribution in [-0.2, 0) is 6.54 Å². The molecule has 3 rings (SSSR count). The van der Waals surface area contributed by atoms with Gasteiger partial charge in [0.2, 0.25) is 0 Å². The number of furan rings is 1. The maximum atomic E-state index is 5.69. The smallest absolute Gasteiger partial charge is 0.176 e. The van der Waals surface area contributed by atoms with E-state index in [-0.39, 0.29) is 0 Å². The molecule has 0 radical (unpaired) electrons. The van der Waals surface area contributed by atoms with Gasteiger partial charge in [-0.3, -0.25) is 4.90 Å². The van der Waals surface area contributed by atoms with E-state index < -0.39 is 0 Å². The Balaban J connectivity index is 1.90. The van der Waals surface area contributed by atoms with E-state index in [1.54, 1.807) is 7.11 Å². The van der Waals surface area contributed by atoms with E-state index in [2.05, 4.69) is 28.4 Å². The molecule has 0 amide bonds. The van der Waals surface area contributed by atoms with Gasteiger partial charge in [-0.2, -0.15) is 0 Å². The molecule has 1 N–H and O–H groups in total. The Kier molecular flexibility index (Phi) is 3.44. The zero-order chi connectivity index (χ0) is 13.2. The monoisotopic (exact) mass is 260 g/mol. The molecule has 1 fully saturated rings. The van der Waals surface area contributed by atoms with Gasteiger partial charge < -0.3 is 14.5 Å². The van der Waals surface area contributed by atoms with Crippen LogP contribution in [0.25, 0.3) is 11.0 Å². The second-order valence-corrected chi connectivity index (χ2v) is 5.10. The molecule has 1 saturated heterocycles. The van der Waals surface area contributed by atoms with Crippen LogP contribution in [-0.4, -0.2) is 38.2 Å². The average molecular weight is 260 g/mol. The standard InChI is InChI=1S/C15H20N2O2/c1-11-7-13-8-12(9-14(18-2)15(13)19-11)10-17-5-3-16-4-6-17/h7-9,16H,3-6,10H2,1-2H3. The van der Waals surface area contributed by atoms with E-state index in [1.807, 2.05) is 6.92 Å². The molecule has 0 saturated carbocycles. The van der Waals surface area contributed by atoms with Crippen molar-refractivity contribution in [1.82, 2.24) is 10.2 Å². The Morgan fingerprint density at radius 3 is 2.79 bits per heavy atom. The fourth-order valence-corrected chi connectivity index (χ4v) is 2.68. The number of aryl methyl sites for hydroxylation is 1. The second-order valence-electron chi connectivity index (χ2n) is 5.10. The minimum absolute atomic E-state index is 0.829. The van der Waals surface area contributed by atoms with Crippen LogP contribution in [0.4, 0.5) is 0 Å². The molecule has 0 atom stereocenters. The molecule has 4 nitrogen and oxygen atoms in total. The van der Waals surface area contributed by atoms with Crippen LogP contribution in [0, 0.1) is 6.92 Å². The number of rotatable bonds is 3. The Labute approximate surface area is 113 Å². The summed E-state index contributed by atoms with van der Waals surface area (Å²) in [6.45, 7) is 7.29. The second kappa shape index (κ2) is 5.23. The molecule has 2 aromatic rings. The van der Waals surface area contributed by atoms with Crippen LogP contribution in [0.2, 0.25) is 0 Å². The first-order valence-electron chi connectivity index (χ1n) is 6.76. The third-order valence-corrected chi connectivity index (χ3v) is 3.60. The highest BCUT2D eigenvalue weighted by Gasteiger charge is 2.13. The van der Waals surface area contributed by atoms with Gasteiger partial charge in [-0.05, 0) is 30.7 Å². The molecule has 1 aliphatic rings. The van der Waals surface area contributed by atoms with E-state index >= 15 is 0 Å². The van der Waals surface area contributed by atoms with E-state index in [4.69, 9.17) is 9.15 Å². The van der Waals surface area contributed by atoms with E-state index in [0.717, 1.165) is 55.2 Å². The van der Waals surface area contributed by atoms with Crippen LogP contribution in [0.3, 0.4) is 0 Å². The molecule has 1 aliphatic heterocycles. The molecule has 19 heavy (non-hydrogen) atoms. The van der Waals surface area contributed by atoms with Crippen molar-refractivity contribution in [3.63, 3.8) is 0 Å². The van der Waals surface area contributed by atoms with Gasteiger partial charge in [0.15, 0.2) is 11.3 Å². The lowest BCUT2D eigenvalue weighted by Crippen LogP contribution is -2.42. The van der Waals surface area contributed by atoms with Crippen molar-refractivity contribution in [2.24, 2.45) is 0 Å². The minimum Gasteiger partial charge on any atom is -0.493 e. The highest BCUT2D eigenvalue weighted by Crippen LogP contribution is 2.30. The number of ether oxygens (including phenoxy) is 1. The summed E-state index contributed by atoms with van der Waals surface area (Å²) in [4.78, 5) is 2.46. The van der Waals surface area contributed by atoms with Crippen molar-refractivity contribution in [2.45, 2.75) is 13.5 Å². The SMILES string of the molecule is COc1cc(CN2CCNCC2)cc2cc(C)oc12. The largest absolute Gasteiger partial charge is 0.493 e. The average Bonchev–Trinajstić information content (AvgIpc) is 2.79. The van der Waals surface area contributed by atoms with Gasteiger partial charge in [0.25, 0.3) is 0 Å². The topological polar surface area (TPSA) is 37.6 Å². The van der Waals surface area contributed by atoms with Gasteiger partial charge in [0, 0.05) is 38.1 Å². The molecule has 0 unspecified atom stereocenters. The number of hydrogen-bond acceptors (Lipinski definition) is 4. The summed E-state index contributed by atoms with van der Waals surface area (Å²) in [5, 5.41) is 4.50. The van der Waals surface area contributed by atoms with Crippen molar-refractivity contribution in [3.05, 3.63) is 29.5 Å². The number of hydrogen-bond donors (Lipinski definition) is 1. The normalized spacial score (nSPS) is 16.9. The predicted octanol–water partition coefficient (Wildman–Crippen LogP) is 2.16. The van der Waals surface area contributed by atoms with Gasteiger partial charge in [0.1, 0.15) is 5.76 Å². The summed E-state index contributed by atoms with van der Waals surface area (Å²) in [7, 11) is 1.70. The predicted molar refractivity (Wildman–Crippen MR) is 75.6 cm³/mol. The minimum atomic E-state index is 0.829. The van der Waals surface area contributed by atoms with Crippen LogP contribution >= 0.6 is 0 Å². The Bertz CT molecular complexity index is 571. The molecule has 2 heterocycles. The summed E-state index contributed by atoms with van der Waals surface area (Å²) < 4.78 is 11.1. The molecule has 1 aromatic heterocycles. The molecule has 0 bridgehead atoms. The van der Waals surface area contributed by atoms with Crippen molar-refractivity contribution >= 4 is 11.0 Å². The van der Waals surface area contributed by atoms with Crippen LogP contribution in [0.5, 0.6) is 5.75 Å². The maximum absolute atomic E-state index is 5.69. The Morgan fingerprint density at radius 1 is 1.26 bits per heavy atom. The van der Waals surface area contributed by atoms with Gasteiger partial charge in [-0.25, -0.2) is 0 Å². The number of benzene rings is 1. The maximum Gasteiger partial charge on any atom is 0.176 e. The van der Waals surface area contributed by atoms with Crippen LogP contribution < -0.4 is 10.1 Å². The molecular formula is C15H20N2O2. The number of methoxy groups -OCH3 is 1. The summed E-state index contributed by atoms with van der Waals surface area (Å²) >= 11 is 0. The lowest BCUT2D eigenvalue weighted by Gasteiger charge is -2.27. The van der Waals surface area contributed by atoms with E-state index in [1.165, 1.54) is 5.56 Å². The first kappa shape index (κ1) is 12.5. The van der Waals surface area contributed by atoms with E-state index in [9.17, 15) is 0 Å². The summed E-state index contributed by atoms with van der Waals surface area (Å²) in [5.41, 5.74) is 2.14. The Morgan fingerprint density at radius 2 is 2.05 bits per heavy atom. The number of fused-ring (bicyclic) bond motifs is 1. The fourth-order valence-electron chi connectivity index (χ4n) is 2.68. The summed E-state index contributed by atoms with van der Waals surface area (Å²) in [6, 6.07) is 6.36. The summed E-state index contributed by atoms with van der Waals surface area (Å²) in [6.07, 6.45) is 0. The van der Waals surface area contributed by atoms with Gasteiger partial charge in [-0.1, -0.05) is 0 Å². The van der Waals surface area contributed by atoms with Gasteiger partial charge in [0.05, 0.1) is 7.11 Å².